The Morgan fingerprint density at radius 3 is 2.93 bits per heavy atom. The number of nitrogens with zero attached hydrogens (tertiary/aromatic N) is 3. The van der Waals surface area contributed by atoms with E-state index in [1.807, 2.05) is 53.4 Å². The zero-order chi connectivity index (χ0) is 18.4. The molecule has 2 aliphatic heterocycles. The summed E-state index contributed by atoms with van der Waals surface area (Å²) in [4.78, 5) is 20.2. The Labute approximate surface area is 163 Å². The molecular formula is C19H14ClN3O3S. The highest BCUT2D eigenvalue weighted by atomic mass is 35.5. The third kappa shape index (κ3) is 2.98. The number of halogens is 1. The van der Waals surface area contributed by atoms with Crippen molar-refractivity contribution < 1.29 is 9.47 Å². The molecule has 1 aromatic heterocycles. The van der Waals surface area contributed by atoms with Crippen LogP contribution in [0.2, 0.25) is 5.02 Å². The van der Waals surface area contributed by atoms with Gasteiger partial charge in [0, 0.05) is 16.8 Å². The van der Waals surface area contributed by atoms with Crippen LogP contribution in [0.1, 0.15) is 5.56 Å². The van der Waals surface area contributed by atoms with E-state index in [-0.39, 0.29) is 12.4 Å². The van der Waals surface area contributed by atoms with Gasteiger partial charge >= 0.3 is 0 Å². The standard InChI is InChI=1S/C19H14ClN3O3S/c20-13-3-1-2-12(6-13)7-17-18(24)23-10-22(9-21-19(23)27-17)14-4-5-15-16(8-14)26-11-25-15/h1-8H,9-11H2/b17-7+. The Kier molecular flexibility index (Phi) is 3.91. The number of benzene rings is 2. The van der Waals surface area contributed by atoms with Crippen molar-refractivity contribution in [3.05, 3.63) is 72.7 Å². The zero-order valence-corrected chi connectivity index (χ0v) is 15.7. The summed E-state index contributed by atoms with van der Waals surface area (Å²) in [7, 11) is 0. The molecule has 0 aliphatic carbocycles. The van der Waals surface area contributed by atoms with E-state index in [1.165, 1.54) is 11.3 Å². The Bertz CT molecular complexity index is 1220. The molecule has 5 rings (SSSR count). The quantitative estimate of drug-likeness (QED) is 0.662. The van der Waals surface area contributed by atoms with Gasteiger partial charge < -0.3 is 14.4 Å². The van der Waals surface area contributed by atoms with Crippen molar-refractivity contribution >= 4 is 34.7 Å². The summed E-state index contributed by atoms with van der Waals surface area (Å²) in [5.41, 5.74) is 1.78. The highest BCUT2D eigenvalue weighted by molar-refractivity contribution is 7.07. The molecule has 136 valence electrons. The van der Waals surface area contributed by atoms with Gasteiger partial charge in [-0.3, -0.25) is 9.36 Å². The summed E-state index contributed by atoms with van der Waals surface area (Å²) in [5, 5.41) is 0.642. The first-order chi connectivity index (χ1) is 13.2. The van der Waals surface area contributed by atoms with E-state index in [0.717, 1.165) is 21.8 Å². The summed E-state index contributed by atoms with van der Waals surface area (Å²) in [5.74, 6) is 1.45. The lowest BCUT2D eigenvalue weighted by molar-refractivity contribution is 0.174. The molecule has 0 bridgehead atoms. The number of aromatic nitrogens is 1. The smallest absolute Gasteiger partial charge is 0.271 e. The van der Waals surface area contributed by atoms with Crippen molar-refractivity contribution in [1.29, 1.82) is 0 Å². The fourth-order valence-corrected chi connectivity index (χ4v) is 4.27. The second kappa shape index (κ2) is 6.44. The predicted octanol–water partition coefficient (Wildman–Crippen LogP) is 2.18. The topological polar surface area (TPSA) is 56.1 Å². The zero-order valence-electron chi connectivity index (χ0n) is 14.1. The van der Waals surface area contributed by atoms with Crippen LogP contribution in [0.4, 0.5) is 5.69 Å². The van der Waals surface area contributed by atoms with Crippen LogP contribution in [-0.2, 0) is 6.67 Å². The lowest BCUT2D eigenvalue weighted by Crippen LogP contribution is -2.42. The predicted molar refractivity (Wildman–Crippen MR) is 104 cm³/mol. The molecule has 0 radical (unpaired) electrons. The van der Waals surface area contributed by atoms with Crippen molar-refractivity contribution in [1.82, 2.24) is 4.57 Å². The molecule has 0 atom stereocenters. The van der Waals surface area contributed by atoms with Gasteiger partial charge in [0.2, 0.25) is 6.79 Å². The Balaban J connectivity index is 1.50. The average molecular weight is 400 g/mol. The molecule has 2 aliphatic rings. The second-order valence-electron chi connectivity index (χ2n) is 6.20. The van der Waals surface area contributed by atoms with Gasteiger partial charge in [-0.1, -0.05) is 35.1 Å². The van der Waals surface area contributed by atoms with Crippen LogP contribution in [0.5, 0.6) is 11.5 Å². The molecule has 0 spiro atoms. The maximum absolute atomic E-state index is 12.8. The van der Waals surface area contributed by atoms with Gasteiger partial charge in [0.1, 0.15) is 13.3 Å². The maximum atomic E-state index is 12.8. The molecule has 8 heteroatoms. The summed E-state index contributed by atoms with van der Waals surface area (Å²) in [6.45, 7) is 1.16. The highest BCUT2D eigenvalue weighted by Crippen LogP contribution is 2.35. The van der Waals surface area contributed by atoms with E-state index >= 15 is 0 Å². The fourth-order valence-electron chi connectivity index (χ4n) is 3.10. The molecule has 0 saturated heterocycles. The van der Waals surface area contributed by atoms with Crippen molar-refractivity contribution in [2.45, 2.75) is 6.67 Å². The molecule has 2 aromatic carbocycles. The summed E-state index contributed by atoms with van der Waals surface area (Å²) in [6, 6.07) is 13.2. The van der Waals surface area contributed by atoms with Crippen molar-refractivity contribution in [3.63, 3.8) is 0 Å². The van der Waals surface area contributed by atoms with Gasteiger partial charge in [-0.15, -0.1) is 0 Å². The third-order valence-corrected chi connectivity index (χ3v) is 5.72. The lowest BCUT2D eigenvalue weighted by atomic mass is 10.2. The number of ether oxygens (including phenoxy) is 2. The number of rotatable bonds is 2. The van der Waals surface area contributed by atoms with Crippen molar-refractivity contribution in [2.24, 2.45) is 4.99 Å². The Morgan fingerprint density at radius 2 is 2.04 bits per heavy atom. The molecule has 3 heterocycles. The lowest BCUT2D eigenvalue weighted by Gasteiger charge is -2.25. The number of hydrogen-bond donors (Lipinski definition) is 0. The SMILES string of the molecule is O=c1/c(=C\c2cccc(Cl)c2)sc2n1CN(c1ccc3c(c1)OCO3)CN=2. The second-order valence-corrected chi connectivity index (χ2v) is 7.65. The van der Waals surface area contributed by atoms with Gasteiger partial charge in [0.15, 0.2) is 16.3 Å². The number of anilines is 1. The minimum absolute atomic E-state index is 0.0517. The first-order valence-electron chi connectivity index (χ1n) is 8.33. The molecule has 0 N–H and O–H groups in total. The first-order valence-corrected chi connectivity index (χ1v) is 9.53. The molecule has 0 saturated carbocycles. The fraction of sp³-hybridized carbons (Fsp3) is 0.158. The minimum atomic E-state index is -0.0517. The molecule has 0 amide bonds. The van der Waals surface area contributed by atoms with Crippen LogP contribution < -0.4 is 29.3 Å². The molecule has 27 heavy (non-hydrogen) atoms. The average Bonchev–Trinajstić information content (AvgIpc) is 3.26. The normalized spacial score (nSPS) is 15.6. The summed E-state index contributed by atoms with van der Waals surface area (Å²) >= 11 is 7.43. The van der Waals surface area contributed by atoms with E-state index in [2.05, 4.69) is 4.99 Å². The first kappa shape index (κ1) is 16.4. The monoisotopic (exact) mass is 399 g/mol. The van der Waals surface area contributed by atoms with E-state index in [4.69, 9.17) is 21.1 Å². The molecule has 3 aromatic rings. The van der Waals surface area contributed by atoms with Gasteiger partial charge in [0.25, 0.3) is 5.56 Å². The molecule has 6 nitrogen and oxygen atoms in total. The van der Waals surface area contributed by atoms with Crippen molar-refractivity contribution in [2.75, 3.05) is 18.4 Å². The van der Waals surface area contributed by atoms with E-state index < -0.39 is 0 Å². The van der Waals surface area contributed by atoms with Gasteiger partial charge in [-0.25, -0.2) is 4.99 Å². The van der Waals surface area contributed by atoms with Crippen LogP contribution in [0, 0.1) is 0 Å². The van der Waals surface area contributed by atoms with Crippen LogP contribution in [0.15, 0.2) is 52.3 Å². The largest absolute Gasteiger partial charge is 0.454 e. The third-order valence-electron chi connectivity index (χ3n) is 4.44. The summed E-state index contributed by atoms with van der Waals surface area (Å²) < 4.78 is 13.1. The maximum Gasteiger partial charge on any atom is 0.271 e. The Hall–Kier alpha value is -2.77. The van der Waals surface area contributed by atoms with Crippen LogP contribution in [-0.4, -0.2) is 18.0 Å². The number of fused-ring (bicyclic) bond motifs is 2. The van der Waals surface area contributed by atoms with E-state index in [9.17, 15) is 4.79 Å². The Morgan fingerprint density at radius 1 is 1.15 bits per heavy atom. The highest BCUT2D eigenvalue weighted by Gasteiger charge is 2.19. The van der Waals surface area contributed by atoms with Gasteiger partial charge in [-0.05, 0) is 35.9 Å². The van der Waals surface area contributed by atoms with E-state index in [0.29, 0.717) is 28.6 Å². The van der Waals surface area contributed by atoms with E-state index in [1.54, 1.807) is 4.57 Å². The number of hydrogen-bond acceptors (Lipinski definition) is 6. The van der Waals surface area contributed by atoms with Gasteiger partial charge in [-0.2, -0.15) is 0 Å². The number of thiazole rings is 1. The minimum Gasteiger partial charge on any atom is -0.454 e. The van der Waals surface area contributed by atoms with Crippen LogP contribution in [0.3, 0.4) is 0 Å². The van der Waals surface area contributed by atoms with Crippen LogP contribution >= 0.6 is 22.9 Å². The van der Waals surface area contributed by atoms with Crippen molar-refractivity contribution in [3.8, 4) is 11.5 Å². The molecule has 0 fully saturated rings. The van der Waals surface area contributed by atoms with Crippen LogP contribution in [0.25, 0.3) is 6.08 Å². The molecule has 0 unspecified atom stereocenters. The summed E-state index contributed by atoms with van der Waals surface area (Å²) in [6.07, 6.45) is 1.85. The molecular weight excluding hydrogens is 386 g/mol. The van der Waals surface area contributed by atoms with Gasteiger partial charge in [0.05, 0.1) is 4.53 Å².